The SMILES string of the molecule is CC1C=CC=CC1N(c1ccc2c(c1)-c1ccccc1C1(C)CC=CC=C21)c1ccc2c3ccccc3n(-c3ccc(-c4ccc(-c5ccccc5)cc4)cc3)c2c1. The third kappa shape index (κ3) is 5.47. The number of nitrogens with zero attached hydrogens (tertiary/aromatic N) is 2. The minimum atomic E-state index is -0.0331. The standard InChI is InChI=1S/C56H44N2/c1-38-14-6-10-21-53(38)57(44-31-33-47-50(36-44)46-17-7-9-19-51(46)56(2)35-13-12-20-52(47)56)45-32-34-49-48-18-8-11-22-54(48)58(55(49)37-45)43-29-27-42(28-30-43)41-25-23-40(24-26-41)39-15-4-3-5-16-39/h3-34,36-38,53H,35H2,1-2H3. The Labute approximate surface area is 341 Å². The van der Waals surface area contributed by atoms with Crippen molar-refractivity contribution in [1.29, 1.82) is 0 Å². The van der Waals surface area contributed by atoms with Crippen molar-refractivity contribution in [3.8, 4) is 39.1 Å². The molecule has 2 heteroatoms. The molecule has 0 aliphatic heterocycles. The van der Waals surface area contributed by atoms with Crippen molar-refractivity contribution in [3.63, 3.8) is 0 Å². The van der Waals surface area contributed by atoms with E-state index in [9.17, 15) is 0 Å². The summed E-state index contributed by atoms with van der Waals surface area (Å²) in [6, 6.07) is 60.9. The lowest BCUT2D eigenvalue weighted by molar-refractivity contribution is 0.609. The molecule has 3 aliphatic rings. The number of hydrogen-bond donors (Lipinski definition) is 0. The Bertz CT molecular complexity index is 2990. The Morgan fingerprint density at radius 1 is 0.534 bits per heavy atom. The first-order valence-corrected chi connectivity index (χ1v) is 20.6. The van der Waals surface area contributed by atoms with E-state index in [1.807, 2.05) is 0 Å². The van der Waals surface area contributed by atoms with E-state index in [4.69, 9.17) is 0 Å². The van der Waals surface area contributed by atoms with E-state index in [2.05, 4.69) is 230 Å². The molecule has 0 fully saturated rings. The van der Waals surface area contributed by atoms with Gasteiger partial charge >= 0.3 is 0 Å². The molecule has 0 amide bonds. The third-order valence-electron chi connectivity index (χ3n) is 13.0. The van der Waals surface area contributed by atoms with Crippen LogP contribution in [0.15, 0.2) is 206 Å². The van der Waals surface area contributed by atoms with Crippen LogP contribution < -0.4 is 4.90 Å². The van der Waals surface area contributed by atoms with Crippen molar-refractivity contribution in [1.82, 2.24) is 4.57 Å². The fourth-order valence-corrected chi connectivity index (χ4v) is 9.94. The molecule has 0 saturated heterocycles. The molecule has 58 heavy (non-hydrogen) atoms. The first-order chi connectivity index (χ1) is 28.5. The average Bonchev–Trinajstić information content (AvgIpc) is 3.61. The highest BCUT2D eigenvalue weighted by molar-refractivity contribution is 6.10. The fourth-order valence-electron chi connectivity index (χ4n) is 9.94. The van der Waals surface area contributed by atoms with Crippen LogP contribution in [0, 0.1) is 5.92 Å². The van der Waals surface area contributed by atoms with Gasteiger partial charge in [-0.1, -0.05) is 178 Å². The number of fused-ring (bicyclic) bond motifs is 9. The molecule has 0 spiro atoms. The minimum Gasteiger partial charge on any atom is -0.334 e. The average molecular weight is 745 g/mol. The van der Waals surface area contributed by atoms with Gasteiger partial charge in [-0.05, 0) is 105 Å². The van der Waals surface area contributed by atoms with E-state index in [1.54, 1.807) is 0 Å². The lowest BCUT2D eigenvalue weighted by atomic mass is 9.62. The Morgan fingerprint density at radius 2 is 1.17 bits per heavy atom. The van der Waals surface area contributed by atoms with Gasteiger partial charge in [-0.15, -0.1) is 0 Å². The predicted octanol–water partition coefficient (Wildman–Crippen LogP) is 14.7. The highest BCUT2D eigenvalue weighted by Gasteiger charge is 2.39. The number of anilines is 2. The van der Waals surface area contributed by atoms with Crippen molar-refractivity contribution in [3.05, 3.63) is 217 Å². The van der Waals surface area contributed by atoms with Crippen molar-refractivity contribution < 1.29 is 0 Å². The van der Waals surface area contributed by atoms with E-state index in [1.165, 1.54) is 83.3 Å². The van der Waals surface area contributed by atoms with Crippen LogP contribution in [0.1, 0.15) is 31.4 Å². The van der Waals surface area contributed by atoms with E-state index < -0.39 is 0 Å². The minimum absolute atomic E-state index is 0.0331. The summed E-state index contributed by atoms with van der Waals surface area (Å²) in [6.07, 6.45) is 17.0. The quantitative estimate of drug-likeness (QED) is 0.165. The number of allylic oxidation sites excluding steroid dienone is 6. The van der Waals surface area contributed by atoms with Gasteiger partial charge in [0.15, 0.2) is 0 Å². The molecule has 3 atom stereocenters. The second-order valence-electron chi connectivity index (χ2n) is 16.4. The Balaban J connectivity index is 1.04. The summed E-state index contributed by atoms with van der Waals surface area (Å²) in [7, 11) is 0. The molecule has 3 unspecified atom stereocenters. The Morgan fingerprint density at radius 3 is 1.97 bits per heavy atom. The molecule has 8 aromatic rings. The van der Waals surface area contributed by atoms with Gasteiger partial charge in [0.05, 0.1) is 17.1 Å². The second kappa shape index (κ2) is 13.6. The fraction of sp³-hybridized carbons (Fsp3) is 0.107. The van der Waals surface area contributed by atoms with E-state index in [0.29, 0.717) is 5.92 Å². The van der Waals surface area contributed by atoms with E-state index in [-0.39, 0.29) is 11.5 Å². The van der Waals surface area contributed by atoms with Gasteiger partial charge in [-0.25, -0.2) is 0 Å². The van der Waals surface area contributed by atoms with Crippen LogP contribution >= 0.6 is 0 Å². The number of para-hydroxylation sites is 1. The van der Waals surface area contributed by atoms with Crippen molar-refractivity contribution in [2.24, 2.45) is 5.92 Å². The number of hydrogen-bond acceptors (Lipinski definition) is 1. The van der Waals surface area contributed by atoms with Gasteiger partial charge in [-0.3, -0.25) is 0 Å². The largest absolute Gasteiger partial charge is 0.334 e. The van der Waals surface area contributed by atoms with Crippen molar-refractivity contribution in [2.45, 2.75) is 31.7 Å². The normalized spacial score (nSPS) is 19.1. The van der Waals surface area contributed by atoms with Crippen LogP contribution in [0.3, 0.4) is 0 Å². The van der Waals surface area contributed by atoms with Crippen molar-refractivity contribution >= 4 is 38.8 Å². The molecule has 1 aromatic heterocycles. The van der Waals surface area contributed by atoms with Gasteiger partial charge in [0.25, 0.3) is 0 Å². The van der Waals surface area contributed by atoms with Gasteiger partial charge in [0.2, 0.25) is 0 Å². The van der Waals surface area contributed by atoms with Gasteiger partial charge < -0.3 is 9.47 Å². The number of benzene rings is 7. The van der Waals surface area contributed by atoms with Gasteiger partial charge in [0, 0.05) is 33.2 Å². The molecule has 11 rings (SSSR count). The maximum absolute atomic E-state index is 2.57. The van der Waals surface area contributed by atoms with Gasteiger partial charge in [-0.2, -0.15) is 0 Å². The summed E-state index contributed by atoms with van der Waals surface area (Å²) in [6.45, 7) is 4.75. The molecule has 0 radical (unpaired) electrons. The zero-order valence-corrected chi connectivity index (χ0v) is 32.9. The number of aromatic nitrogens is 1. The summed E-state index contributed by atoms with van der Waals surface area (Å²) in [4.78, 5) is 2.57. The van der Waals surface area contributed by atoms with Gasteiger partial charge in [0.1, 0.15) is 0 Å². The highest BCUT2D eigenvalue weighted by Crippen LogP contribution is 2.54. The van der Waals surface area contributed by atoms with Crippen LogP contribution in [0.25, 0.3) is 66.4 Å². The summed E-state index contributed by atoms with van der Waals surface area (Å²) >= 11 is 0. The molecule has 278 valence electrons. The number of rotatable bonds is 6. The third-order valence-corrected chi connectivity index (χ3v) is 13.0. The van der Waals surface area contributed by atoms with Crippen LogP contribution in [0.2, 0.25) is 0 Å². The van der Waals surface area contributed by atoms with Crippen molar-refractivity contribution in [2.75, 3.05) is 4.90 Å². The molecular formula is C56H44N2. The maximum Gasteiger partial charge on any atom is 0.0585 e. The maximum atomic E-state index is 2.57. The lowest BCUT2D eigenvalue weighted by Crippen LogP contribution is -2.35. The predicted molar refractivity (Wildman–Crippen MR) is 246 cm³/mol. The van der Waals surface area contributed by atoms with Crippen LogP contribution in [0.4, 0.5) is 11.4 Å². The zero-order chi connectivity index (χ0) is 38.8. The zero-order valence-electron chi connectivity index (χ0n) is 32.9. The smallest absolute Gasteiger partial charge is 0.0585 e. The van der Waals surface area contributed by atoms with E-state index in [0.717, 1.165) is 12.1 Å². The molecular weight excluding hydrogens is 701 g/mol. The molecule has 7 aromatic carbocycles. The summed E-state index contributed by atoms with van der Waals surface area (Å²) in [5.74, 6) is 0.318. The highest BCUT2D eigenvalue weighted by atomic mass is 15.2. The van der Waals surface area contributed by atoms with Crippen LogP contribution in [-0.4, -0.2) is 10.6 Å². The summed E-state index contributed by atoms with van der Waals surface area (Å²) in [5, 5.41) is 2.51. The molecule has 0 saturated carbocycles. The first kappa shape index (κ1) is 34.4. The topological polar surface area (TPSA) is 8.17 Å². The van der Waals surface area contributed by atoms with Crippen LogP contribution in [-0.2, 0) is 5.41 Å². The molecule has 1 heterocycles. The molecule has 3 aliphatic carbocycles. The Kier molecular flexibility index (Phi) is 8.08. The molecule has 2 nitrogen and oxygen atoms in total. The molecule has 0 bridgehead atoms. The van der Waals surface area contributed by atoms with E-state index >= 15 is 0 Å². The molecule has 0 N–H and O–H groups in total. The monoisotopic (exact) mass is 744 g/mol. The van der Waals surface area contributed by atoms with Crippen LogP contribution in [0.5, 0.6) is 0 Å². The summed E-state index contributed by atoms with van der Waals surface area (Å²) < 4.78 is 2.45. The second-order valence-corrected chi connectivity index (χ2v) is 16.4. The summed E-state index contributed by atoms with van der Waals surface area (Å²) in [5.41, 5.74) is 17.6. The lowest BCUT2D eigenvalue weighted by Gasteiger charge is -2.42. The first-order valence-electron chi connectivity index (χ1n) is 20.6. The Hall–Kier alpha value is -6.90.